The molecule has 11 nitrogen and oxygen atoms in total. The van der Waals surface area contributed by atoms with Crippen LogP contribution in [0.5, 0.6) is 0 Å². The number of hydrogen-bond donors (Lipinski definition) is 3. The third kappa shape index (κ3) is 8.93. The Hall–Kier alpha value is -5.23. The highest BCUT2D eigenvalue weighted by atomic mass is 16.7. The number of hydroxylamine groups is 2. The summed E-state index contributed by atoms with van der Waals surface area (Å²) in [6, 6.07) is 31.7. The van der Waals surface area contributed by atoms with E-state index in [0.717, 1.165) is 22.3 Å². The smallest absolute Gasteiger partial charge is 0.431 e. The number of alkyl carbamates (subject to hydrolysis) is 1. The Balaban J connectivity index is 0.000000216. The van der Waals surface area contributed by atoms with Crippen molar-refractivity contribution in [2.24, 2.45) is 0 Å². The van der Waals surface area contributed by atoms with Crippen LogP contribution in [-0.4, -0.2) is 63.3 Å². The van der Waals surface area contributed by atoms with Crippen molar-refractivity contribution in [2.45, 2.75) is 57.3 Å². The summed E-state index contributed by atoms with van der Waals surface area (Å²) in [7, 11) is 2.71. The highest BCUT2D eigenvalue weighted by Gasteiger charge is 2.33. The molecule has 0 aromatic heterocycles. The summed E-state index contributed by atoms with van der Waals surface area (Å²) in [6.07, 6.45) is -1.87. The van der Waals surface area contributed by atoms with Crippen LogP contribution in [0.25, 0.3) is 22.3 Å². The van der Waals surface area contributed by atoms with E-state index in [1.54, 1.807) is 6.92 Å². The highest BCUT2D eigenvalue weighted by molar-refractivity contribution is 5.85. The molecule has 0 fully saturated rings. The van der Waals surface area contributed by atoms with E-state index < -0.39 is 35.8 Å². The van der Waals surface area contributed by atoms with E-state index in [9.17, 15) is 14.4 Å². The van der Waals surface area contributed by atoms with Crippen LogP contribution in [-0.2, 0) is 28.7 Å². The van der Waals surface area contributed by atoms with Crippen LogP contribution in [0.15, 0.2) is 97.1 Å². The van der Waals surface area contributed by atoms with E-state index in [1.165, 1.54) is 36.5 Å². The molecule has 2 aliphatic carbocycles. The molecule has 1 unspecified atom stereocenters. The van der Waals surface area contributed by atoms with Gasteiger partial charge in [0.25, 0.3) is 5.91 Å². The van der Waals surface area contributed by atoms with Crippen molar-refractivity contribution in [3.8, 4) is 22.3 Å². The third-order valence-electron chi connectivity index (χ3n) is 8.64. The Morgan fingerprint density at radius 3 is 1.35 bits per heavy atom. The second kappa shape index (κ2) is 16.7. The lowest BCUT2D eigenvalue weighted by molar-refractivity contribution is -0.141. The molecule has 2 atom stereocenters. The molecule has 0 spiro atoms. The molecular weight excluding hydrogens is 650 g/mol. The van der Waals surface area contributed by atoms with Crippen LogP contribution in [0.4, 0.5) is 9.59 Å². The van der Waals surface area contributed by atoms with Crippen LogP contribution < -0.4 is 16.3 Å². The van der Waals surface area contributed by atoms with Gasteiger partial charge in [0.1, 0.15) is 19.3 Å². The number of carbonyl (C=O) groups excluding carboxylic acids is 3. The summed E-state index contributed by atoms with van der Waals surface area (Å²) in [5.41, 5.74) is 13.3. The molecule has 0 radical (unpaired) electrons. The van der Waals surface area contributed by atoms with E-state index in [1.807, 2.05) is 69.3 Å². The molecule has 0 aliphatic heterocycles. The Labute approximate surface area is 298 Å². The van der Waals surface area contributed by atoms with Crippen LogP contribution in [0.1, 0.15) is 61.8 Å². The lowest BCUT2D eigenvalue weighted by atomic mass is 9.98. The van der Waals surface area contributed by atoms with Crippen LogP contribution in [0.2, 0.25) is 0 Å². The van der Waals surface area contributed by atoms with E-state index in [0.29, 0.717) is 6.61 Å². The van der Waals surface area contributed by atoms with Gasteiger partial charge in [-0.15, -0.1) is 0 Å². The van der Waals surface area contributed by atoms with Gasteiger partial charge in [0.05, 0.1) is 25.9 Å². The fraction of sp³-hybridized carbons (Fsp3) is 0.325. The molecule has 0 bridgehead atoms. The molecule has 2 aliphatic rings. The molecule has 3 N–H and O–H groups in total. The van der Waals surface area contributed by atoms with Gasteiger partial charge in [0, 0.05) is 11.8 Å². The zero-order valence-electron chi connectivity index (χ0n) is 29.7. The average Bonchev–Trinajstić information content (AvgIpc) is 3.61. The van der Waals surface area contributed by atoms with Gasteiger partial charge in [-0.1, -0.05) is 97.1 Å². The van der Waals surface area contributed by atoms with Gasteiger partial charge in [-0.05, 0) is 72.2 Å². The molecule has 0 heterocycles. The fourth-order valence-electron chi connectivity index (χ4n) is 6.66. The van der Waals surface area contributed by atoms with Crippen LogP contribution in [0.3, 0.4) is 0 Å². The van der Waals surface area contributed by atoms with Crippen molar-refractivity contribution in [1.29, 1.82) is 0 Å². The zero-order valence-corrected chi connectivity index (χ0v) is 29.7. The van der Waals surface area contributed by atoms with E-state index in [4.69, 9.17) is 19.0 Å². The maximum Gasteiger partial charge on any atom is 0.431 e. The summed E-state index contributed by atoms with van der Waals surface area (Å²) in [4.78, 5) is 45.6. The topological polar surface area (TPSA) is 133 Å². The van der Waals surface area contributed by atoms with Gasteiger partial charge in [-0.3, -0.25) is 14.5 Å². The first-order chi connectivity index (χ1) is 24.5. The second-order valence-electron chi connectivity index (χ2n) is 13.2. The molecule has 4 aromatic rings. The molecule has 6 rings (SSSR count). The lowest BCUT2D eigenvalue weighted by Crippen LogP contribution is -2.54. The van der Waals surface area contributed by atoms with Crippen molar-refractivity contribution in [2.75, 3.05) is 27.4 Å². The summed E-state index contributed by atoms with van der Waals surface area (Å²) < 4.78 is 16.6. The Bertz CT molecular complexity index is 1750. The molecule has 0 saturated carbocycles. The first-order valence-corrected chi connectivity index (χ1v) is 16.8. The minimum atomic E-state index is -0.977. The van der Waals surface area contributed by atoms with Gasteiger partial charge in [-0.2, -0.15) is 5.48 Å². The number of ether oxygens (including phenoxy) is 3. The number of amides is 3. The van der Waals surface area contributed by atoms with Crippen LogP contribution >= 0.6 is 0 Å². The summed E-state index contributed by atoms with van der Waals surface area (Å²) in [6.45, 7) is 7.80. The first kappa shape index (κ1) is 37.0. The standard InChI is InChI=1S/C24H30N2O5.C16H15NO3/c1-15(31-24(2,3)4)21(22(27)26-29-5)25-23(28)30-14-20-18-12-8-6-10-16(18)17-11-7-9-13-19(17)20;1-19-17-16(18)20-10-15-13-8-4-2-6-11(13)12-7-3-5-9-14(12)15/h6-13,15,20-21H,14H2,1-5H3,(H,25,28)(H,26,27);2-9,15H,10H2,1H3,(H,17,18)/t15-,21?;/m1./s1. The number of hydrogen-bond acceptors (Lipinski definition) is 8. The molecule has 51 heavy (non-hydrogen) atoms. The Morgan fingerprint density at radius 2 is 0.980 bits per heavy atom. The first-order valence-electron chi connectivity index (χ1n) is 16.8. The molecule has 11 heteroatoms. The SMILES string of the molecule is CONC(=O)C(NC(=O)OCC1c2ccccc2-c2ccccc21)[C@@H](C)OC(C)(C)C.CONC(=O)OCC1c2ccccc2-c2ccccc21. The quantitative estimate of drug-likeness (QED) is 0.153. The van der Waals surface area contributed by atoms with E-state index >= 15 is 0 Å². The van der Waals surface area contributed by atoms with Crippen molar-refractivity contribution in [3.05, 3.63) is 119 Å². The van der Waals surface area contributed by atoms with E-state index in [-0.39, 0.29) is 18.4 Å². The largest absolute Gasteiger partial charge is 0.449 e. The molecule has 268 valence electrons. The third-order valence-corrected chi connectivity index (χ3v) is 8.64. The second-order valence-corrected chi connectivity index (χ2v) is 13.2. The van der Waals surface area contributed by atoms with Crippen LogP contribution in [0, 0.1) is 0 Å². The normalized spacial score (nSPS) is 14.0. The minimum Gasteiger partial charge on any atom is -0.449 e. The van der Waals surface area contributed by atoms with Gasteiger partial charge < -0.3 is 19.5 Å². The average molecular weight is 696 g/mol. The Kier molecular flexibility index (Phi) is 12.1. The van der Waals surface area contributed by atoms with Crippen molar-refractivity contribution in [3.63, 3.8) is 0 Å². The van der Waals surface area contributed by atoms with Gasteiger partial charge in [0.2, 0.25) is 0 Å². The van der Waals surface area contributed by atoms with Gasteiger partial charge >= 0.3 is 12.2 Å². The summed E-state index contributed by atoms with van der Waals surface area (Å²) in [5, 5.41) is 2.62. The fourth-order valence-corrected chi connectivity index (χ4v) is 6.66. The van der Waals surface area contributed by atoms with Crippen molar-refractivity contribution in [1.82, 2.24) is 16.3 Å². The van der Waals surface area contributed by atoms with E-state index in [2.05, 4.69) is 69.6 Å². The monoisotopic (exact) mass is 695 g/mol. The Morgan fingerprint density at radius 1 is 0.608 bits per heavy atom. The maximum atomic E-state index is 12.6. The molecular formula is C40H45N3O8. The summed E-state index contributed by atoms with van der Waals surface area (Å²) in [5.74, 6) is -0.509. The number of carbonyl (C=O) groups is 3. The molecule has 4 aromatic carbocycles. The highest BCUT2D eigenvalue weighted by Crippen LogP contribution is 2.45. The predicted molar refractivity (Wildman–Crippen MR) is 193 cm³/mol. The van der Waals surface area contributed by atoms with Crippen molar-refractivity contribution < 1.29 is 38.3 Å². The number of nitrogens with one attached hydrogen (secondary N) is 3. The van der Waals surface area contributed by atoms with Crippen molar-refractivity contribution >= 4 is 18.1 Å². The number of benzene rings is 4. The van der Waals surface area contributed by atoms with Gasteiger partial charge in [-0.25, -0.2) is 15.1 Å². The molecule has 3 amide bonds. The number of fused-ring (bicyclic) bond motifs is 6. The summed E-state index contributed by atoms with van der Waals surface area (Å²) >= 11 is 0. The predicted octanol–water partition coefficient (Wildman–Crippen LogP) is 6.86. The lowest BCUT2D eigenvalue weighted by Gasteiger charge is -2.30. The molecule has 0 saturated heterocycles. The zero-order chi connectivity index (χ0) is 36.5. The maximum absolute atomic E-state index is 12.6. The minimum absolute atomic E-state index is 0.0624. The number of rotatable bonds is 10. The van der Waals surface area contributed by atoms with Gasteiger partial charge in [0.15, 0.2) is 0 Å².